The van der Waals surface area contributed by atoms with Crippen molar-refractivity contribution < 1.29 is 13.5 Å². The van der Waals surface area contributed by atoms with Crippen LogP contribution < -0.4 is 4.72 Å². The van der Waals surface area contributed by atoms with Gasteiger partial charge in [-0.05, 0) is 26.7 Å². The van der Waals surface area contributed by atoms with Gasteiger partial charge in [0.1, 0.15) is 4.90 Å². The molecular formula is C12H21N3O3S. The van der Waals surface area contributed by atoms with Gasteiger partial charge in [0.25, 0.3) is 0 Å². The summed E-state index contributed by atoms with van der Waals surface area (Å²) in [5.74, 6) is 0. The average Bonchev–Trinajstić information content (AvgIpc) is 2.56. The maximum Gasteiger partial charge on any atom is 0.244 e. The molecule has 1 fully saturated rings. The fourth-order valence-corrected chi connectivity index (χ4v) is 4.39. The molecule has 0 unspecified atom stereocenters. The van der Waals surface area contributed by atoms with Crippen LogP contribution in [-0.2, 0) is 17.1 Å². The lowest BCUT2D eigenvalue weighted by Gasteiger charge is -2.28. The van der Waals surface area contributed by atoms with Crippen LogP contribution in [0.3, 0.4) is 0 Å². The highest BCUT2D eigenvalue weighted by molar-refractivity contribution is 7.89. The molecule has 1 aromatic rings. The van der Waals surface area contributed by atoms with E-state index in [1.807, 2.05) is 0 Å². The van der Waals surface area contributed by atoms with Gasteiger partial charge in [0.05, 0.1) is 17.5 Å². The molecule has 2 atom stereocenters. The normalized spacial score (nSPS) is 24.6. The number of aromatic nitrogens is 2. The number of rotatable bonds is 3. The van der Waals surface area contributed by atoms with Crippen molar-refractivity contribution in [2.75, 3.05) is 0 Å². The van der Waals surface area contributed by atoms with Crippen LogP contribution in [0.2, 0.25) is 0 Å². The van der Waals surface area contributed by atoms with E-state index in [0.29, 0.717) is 24.2 Å². The fourth-order valence-electron chi connectivity index (χ4n) is 2.65. The van der Waals surface area contributed by atoms with Crippen LogP contribution in [-0.4, -0.2) is 35.5 Å². The summed E-state index contributed by atoms with van der Waals surface area (Å²) in [6.07, 6.45) is 2.62. The number of hydrogen-bond donors (Lipinski definition) is 2. The van der Waals surface area contributed by atoms with Crippen LogP contribution in [0.25, 0.3) is 0 Å². The van der Waals surface area contributed by atoms with Crippen molar-refractivity contribution in [1.82, 2.24) is 14.5 Å². The summed E-state index contributed by atoms with van der Waals surface area (Å²) in [4.78, 5) is 0.229. The highest BCUT2D eigenvalue weighted by Crippen LogP contribution is 2.23. The Labute approximate surface area is 113 Å². The summed E-state index contributed by atoms with van der Waals surface area (Å²) in [6.45, 7) is 3.41. The highest BCUT2D eigenvalue weighted by atomic mass is 32.2. The molecule has 1 aromatic heterocycles. The summed E-state index contributed by atoms with van der Waals surface area (Å²) < 4.78 is 29.0. The molecule has 0 aliphatic heterocycles. The third-order valence-corrected chi connectivity index (χ3v) is 5.49. The van der Waals surface area contributed by atoms with Crippen molar-refractivity contribution in [3.8, 4) is 0 Å². The van der Waals surface area contributed by atoms with E-state index >= 15 is 0 Å². The number of nitrogens with zero attached hydrogens (tertiary/aromatic N) is 2. The molecule has 0 radical (unpaired) electrons. The summed E-state index contributed by atoms with van der Waals surface area (Å²) in [7, 11) is -1.91. The molecule has 1 saturated carbocycles. The molecule has 2 rings (SSSR count). The number of nitrogens with one attached hydrogen (secondary N) is 1. The number of aliphatic hydroxyl groups excluding tert-OH is 1. The van der Waals surface area contributed by atoms with Gasteiger partial charge in [-0.2, -0.15) is 5.10 Å². The first-order chi connectivity index (χ1) is 8.83. The van der Waals surface area contributed by atoms with E-state index in [9.17, 15) is 13.5 Å². The quantitative estimate of drug-likeness (QED) is 0.853. The van der Waals surface area contributed by atoms with Crippen molar-refractivity contribution in [2.45, 2.75) is 56.6 Å². The Balaban J connectivity index is 2.27. The molecule has 0 spiro atoms. The molecular weight excluding hydrogens is 266 g/mol. The van der Waals surface area contributed by atoms with Crippen LogP contribution in [0, 0.1) is 13.8 Å². The third kappa shape index (κ3) is 2.82. The second-order valence-electron chi connectivity index (χ2n) is 5.20. The average molecular weight is 287 g/mol. The van der Waals surface area contributed by atoms with Gasteiger partial charge in [0, 0.05) is 13.1 Å². The van der Waals surface area contributed by atoms with Crippen LogP contribution >= 0.6 is 0 Å². The molecule has 7 heteroatoms. The topological polar surface area (TPSA) is 84.2 Å². The second-order valence-corrected chi connectivity index (χ2v) is 6.85. The van der Waals surface area contributed by atoms with Gasteiger partial charge in [-0.15, -0.1) is 0 Å². The van der Waals surface area contributed by atoms with E-state index < -0.39 is 22.2 Å². The number of sulfonamides is 1. The maximum absolute atomic E-state index is 12.4. The van der Waals surface area contributed by atoms with Crippen LogP contribution in [0.15, 0.2) is 4.90 Å². The Morgan fingerprint density at radius 3 is 2.47 bits per heavy atom. The van der Waals surface area contributed by atoms with Crippen molar-refractivity contribution in [1.29, 1.82) is 0 Å². The molecule has 0 amide bonds. The van der Waals surface area contributed by atoms with Gasteiger partial charge < -0.3 is 5.11 Å². The summed E-state index contributed by atoms with van der Waals surface area (Å²) in [5.41, 5.74) is 1.09. The number of aliphatic hydroxyl groups is 1. The van der Waals surface area contributed by atoms with Gasteiger partial charge in [-0.3, -0.25) is 4.68 Å². The molecule has 0 saturated heterocycles. The Kier molecular flexibility index (Phi) is 3.98. The summed E-state index contributed by atoms with van der Waals surface area (Å²) in [5, 5.41) is 14.0. The molecule has 2 N–H and O–H groups in total. The lowest BCUT2D eigenvalue weighted by Crippen LogP contribution is -2.45. The van der Waals surface area contributed by atoms with Gasteiger partial charge in [-0.25, -0.2) is 13.1 Å². The maximum atomic E-state index is 12.4. The zero-order valence-electron chi connectivity index (χ0n) is 11.5. The van der Waals surface area contributed by atoms with E-state index in [-0.39, 0.29) is 4.90 Å². The smallest absolute Gasteiger partial charge is 0.244 e. The van der Waals surface area contributed by atoms with E-state index in [0.717, 1.165) is 12.8 Å². The SMILES string of the molecule is Cc1nn(C)c(C)c1S(=O)(=O)N[C@H]1CCCC[C@@H]1O. The number of hydrogen-bond acceptors (Lipinski definition) is 4. The Morgan fingerprint density at radius 2 is 1.95 bits per heavy atom. The lowest BCUT2D eigenvalue weighted by molar-refractivity contribution is 0.101. The van der Waals surface area contributed by atoms with Gasteiger partial charge >= 0.3 is 0 Å². The van der Waals surface area contributed by atoms with Gasteiger partial charge in [0.2, 0.25) is 10.0 Å². The zero-order chi connectivity index (χ0) is 14.2. The molecule has 0 bridgehead atoms. The Bertz CT molecular complexity index is 565. The predicted octanol–water partition coefficient (Wildman–Crippen LogP) is 0.619. The Hall–Kier alpha value is -0.920. The van der Waals surface area contributed by atoms with E-state index in [1.165, 1.54) is 0 Å². The first kappa shape index (κ1) is 14.5. The second kappa shape index (κ2) is 5.22. The largest absolute Gasteiger partial charge is 0.391 e. The number of aryl methyl sites for hydroxylation is 2. The van der Waals surface area contributed by atoms with E-state index in [2.05, 4.69) is 9.82 Å². The van der Waals surface area contributed by atoms with Crippen molar-refractivity contribution >= 4 is 10.0 Å². The zero-order valence-corrected chi connectivity index (χ0v) is 12.4. The molecule has 0 aromatic carbocycles. The summed E-state index contributed by atoms with van der Waals surface area (Å²) in [6, 6.07) is -0.391. The van der Waals surface area contributed by atoms with Crippen LogP contribution in [0.4, 0.5) is 0 Å². The lowest BCUT2D eigenvalue weighted by atomic mass is 9.93. The monoisotopic (exact) mass is 287 g/mol. The minimum absolute atomic E-state index is 0.229. The molecule has 1 aliphatic carbocycles. The van der Waals surface area contributed by atoms with Gasteiger partial charge in [-0.1, -0.05) is 12.8 Å². The standard InChI is InChI=1S/C12H21N3O3S/c1-8-12(9(2)15(3)13-8)19(17,18)14-10-6-4-5-7-11(10)16/h10-11,14,16H,4-7H2,1-3H3/t10-,11-/m0/s1. The Morgan fingerprint density at radius 1 is 1.32 bits per heavy atom. The van der Waals surface area contributed by atoms with Crippen molar-refractivity contribution in [3.63, 3.8) is 0 Å². The van der Waals surface area contributed by atoms with Crippen LogP contribution in [0.5, 0.6) is 0 Å². The summed E-state index contributed by atoms with van der Waals surface area (Å²) >= 11 is 0. The third-order valence-electron chi connectivity index (χ3n) is 3.75. The predicted molar refractivity (Wildman–Crippen MR) is 71.3 cm³/mol. The minimum atomic E-state index is -3.63. The first-order valence-corrected chi connectivity index (χ1v) is 8.02. The highest BCUT2D eigenvalue weighted by Gasteiger charge is 2.31. The first-order valence-electron chi connectivity index (χ1n) is 6.53. The fraction of sp³-hybridized carbons (Fsp3) is 0.750. The van der Waals surface area contributed by atoms with Crippen molar-refractivity contribution in [3.05, 3.63) is 11.4 Å². The van der Waals surface area contributed by atoms with Crippen LogP contribution in [0.1, 0.15) is 37.1 Å². The van der Waals surface area contributed by atoms with E-state index in [1.54, 1.807) is 25.6 Å². The molecule has 108 valence electrons. The molecule has 19 heavy (non-hydrogen) atoms. The molecule has 6 nitrogen and oxygen atoms in total. The minimum Gasteiger partial charge on any atom is -0.391 e. The molecule has 1 heterocycles. The van der Waals surface area contributed by atoms with Gasteiger partial charge in [0.15, 0.2) is 0 Å². The molecule has 1 aliphatic rings. The van der Waals surface area contributed by atoms with Crippen molar-refractivity contribution in [2.24, 2.45) is 7.05 Å². The van der Waals surface area contributed by atoms with E-state index in [4.69, 9.17) is 0 Å².